The molecule has 2 heteroatoms. The van der Waals surface area contributed by atoms with Gasteiger partial charge in [-0.05, 0) is 202 Å². The molecule has 0 spiro atoms. The van der Waals surface area contributed by atoms with Crippen LogP contribution in [0.2, 0.25) is 0 Å². The van der Waals surface area contributed by atoms with Gasteiger partial charge < -0.3 is 9.80 Å². The van der Waals surface area contributed by atoms with E-state index >= 15 is 0 Å². The number of benzene rings is 14. The topological polar surface area (TPSA) is 6.48 Å². The van der Waals surface area contributed by atoms with E-state index in [1.165, 1.54) is 121 Å². The molecule has 0 atom stereocenters. The minimum absolute atomic E-state index is 0.923. The Hall–Kier alpha value is -10.5. The third kappa shape index (κ3) is 8.66. The van der Waals surface area contributed by atoms with Crippen molar-refractivity contribution in [1.29, 1.82) is 0 Å². The van der Waals surface area contributed by atoms with E-state index < -0.39 is 0 Å². The number of aryl methyl sites for hydroxylation is 1. The van der Waals surface area contributed by atoms with Crippen LogP contribution in [0.3, 0.4) is 0 Å². The lowest BCUT2D eigenvalue weighted by molar-refractivity contribution is 0.988. The zero-order chi connectivity index (χ0) is 55.5. The van der Waals surface area contributed by atoms with Crippen molar-refractivity contribution in [1.82, 2.24) is 0 Å². The SMILES string of the molecule is C1=Cc2cccc(-c3ccc(N(c4ccc5c(C6=Cc7ccccc7CC6)c6cc(N(c7ccc(-c8ccccc8)cc7)c7cccc8ccccc78)ccc6c(-c6ccc7ccccc7c6)c5c4)c4cccc5ccccc45)cc3)c2CC1. The van der Waals surface area contributed by atoms with Gasteiger partial charge in [0, 0.05) is 33.5 Å². The summed E-state index contributed by atoms with van der Waals surface area (Å²) in [6.45, 7) is 0. The predicted octanol–water partition coefficient (Wildman–Crippen LogP) is 22.8. The van der Waals surface area contributed by atoms with E-state index in [4.69, 9.17) is 0 Å². The van der Waals surface area contributed by atoms with Crippen molar-refractivity contribution in [3.05, 3.63) is 319 Å². The summed E-state index contributed by atoms with van der Waals surface area (Å²) in [5, 5.41) is 12.1. The Morgan fingerprint density at radius 1 is 0.286 bits per heavy atom. The first-order valence-electron chi connectivity index (χ1n) is 29.6. The van der Waals surface area contributed by atoms with Gasteiger partial charge in [0.1, 0.15) is 0 Å². The van der Waals surface area contributed by atoms with Gasteiger partial charge in [-0.1, -0.05) is 237 Å². The molecule has 0 radical (unpaired) electrons. The van der Waals surface area contributed by atoms with Crippen LogP contribution in [0.25, 0.3) is 105 Å². The molecule has 0 saturated heterocycles. The average molecular weight is 1070 g/mol. The Bertz CT molecular complexity index is 4940. The van der Waals surface area contributed by atoms with Gasteiger partial charge in [-0.2, -0.15) is 0 Å². The van der Waals surface area contributed by atoms with Crippen LogP contribution in [0.1, 0.15) is 40.7 Å². The van der Waals surface area contributed by atoms with Crippen molar-refractivity contribution >= 4 is 106 Å². The van der Waals surface area contributed by atoms with Crippen LogP contribution >= 0.6 is 0 Å². The fourth-order valence-electron chi connectivity index (χ4n) is 13.7. The van der Waals surface area contributed by atoms with Crippen LogP contribution < -0.4 is 9.80 Å². The van der Waals surface area contributed by atoms with Gasteiger partial charge in [0.05, 0.1) is 11.4 Å². The van der Waals surface area contributed by atoms with Gasteiger partial charge in [-0.3, -0.25) is 0 Å². The maximum Gasteiger partial charge on any atom is 0.0540 e. The van der Waals surface area contributed by atoms with E-state index in [-0.39, 0.29) is 0 Å². The quantitative estimate of drug-likeness (QED) is 0.126. The van der Waals surface area contributed by atoms with Crippen molar-refractivity contribution in [2.24, 2.45) is 0 Å². The molecule has 14 aromatic carbocycles. The van der Waals surface area contributed by atoms with Crippen LogP contribution in [-0.4, -0.2) is 0 Å². The molecule has 0 aliphatic heterocycles. The number of rotatable bonds is 10. The van der Waals surface area contributed by atoms with E-state index in [2.05, 4.69) is 313 Å². The van der Waals surface area contributed by atoms with Crippen LogP contribution in [0, 0.1) is 0 Å². The number of hydrogen-bond donors (Lipinski definition) is 0. The number of nitrogens with zero attached hydrogens (tertiary/aromatic N) is 2. The molecule has 0 fully saturated rings. The maximum absolute atomic E-state index is 2.50. The fraction of sp³-hybridized carbons (Fsp3) is 0.0488. The third-order valence-electron chi connectivity index (χ3n) is 17.8. The summed E-state index contributed by atoms with van der Waals surface area (Å²) in [4.78, 5) is 4.97. The molecular weight excluding hydrogens is 1010 g/mol. The molecule has 2 aliphatic carbocycles. The molecule has 84 heavy (non-hydrogen) atoms. The van der Waals surface area contributed by atoms with E-state index in [0.29, 0.717) is 0 Å². The van der Waals surface area contributed by atoms with Crippen LogP contribution in [0.5, 0.6) is 0 Å². The number of fused-ring (bicyclic) bond motifs is 7. The van der Waals surface area contributed by atoms with Gasteiger partial charge in [0.2, 0.25) is 0 Å². The van der Waals surface area contributed by atoms with Crippen molar-refractivity contribution in [3.8, 4) is 33.4 Å². The van der Waals surface area contributed by atoms with Crippen LogP contribution in [0.4, 0.5) is 34.1 Å². The Morgan fingerprint density at radius 3 is 1.51 bits per heavy atom. The Kier molecular flexibility index (Phi) is 12.2. The highest BCUT2D eigenvalue weighted by molar-refractivity contribution is 6.22. The number of allylic oxidation sites excluding steroid dienone is 2. The molecule has 0 bridgehead atoms. The molecule has 16 rings (SSSR count). The minimum Gasteiger partial charge on any atom is -0.310 e. The highest BCUT2D eigenvalue weighted by atomic mass is 15.1. The normalized spacial score (nSPS) is 12.8. The summed E-state index contributed by atoms with van der Waals surface area (Å²) in [5.41, 5.74) is 22.1. The van der Waals surface area contributed by atoms with Crippen molar-refractivity contribution in [2.75, 3.05) is 9.80 Å². The molecule has 0 aromatic heterocycles. The third-order valence-corrected chi connectivity index (χ3v) is 17.8. The first-order valence-corrected chi connectivity index (χ1v) is 29.6. The van der Waals surface area contributed by atoms with Gasteiger partial charge in [-0.25, -0.2) is 0 Å². The van der Waals surface area contributed by atoms with E-state index in [1.54, 1.807) is 0 Å². The zero-order valence-corrected chi connectivity index (χ0v) is 46.6. The largest absolute Gasteiger partial charge is 0.310 e. The molecule has 0 unspecified atom stereocenters. The van der Waals surface area contributed by atoms with Crippen molar-refractivity contribution < 1.29 is 0 Å². The molecule has 14 aromatic rings. The summed E-state index contributed by atoms with van der Waals surface area (Å²) in [7, 11) is 0. The molecule has 396 valence electrons. The monoisotopic (exact) mass is 1070 g/mol. The summed E-state index contributed by atoms with van der Waals surface area (Å²) in [5.74, 6) is 0. The first kappa shape index (κ1) is 49.3. The predicted molar refractivity (Wildman–Crippen MR) is 360 cm³/mol. The van der Waals surface area contributed by atoms with E-state index in [0.717, 1.165) is 59.8 Å². The number of hydrogen-bond acceptors (Lipinski definition) is 2. The van der Waals surface area contributed by atoms with Crippen molar-refractivity contribution in [2.45, 2.75) is 25.7 Å². The van der Waals surface area contributed by atoms with Gasteiger partial charge in [0.25, 0.3) is 0 Å². The zero-order valence-electron chi connectivity index (χ0n) is 46.6. The van der Waals surface area contributed by atoms with Crippen LogP contribution in [-0.2, 0) is 12.8 Å². The Morgan fingerprint density at radius 2 is 0.810 bits per heavy atom. The Balaban J connectivity index is 0.968. The smallest absolute Gasteiger partial charge is 0.0540 e. The molecule has 0 N–H and O–H groups in total. The highest BCUT2D eigenvalue weighted by Gasteiger charge is 2.26. The van der Waals surface area contributed by atoms with E-state index in [1.807, 2.05) is 0 Å². The lowest BCUT2D eigenvalue weighted by Crippen LogP contribution is -2.11. The second kappa shape index (κ2) is 20.8. The molecule has 0 saturated carbocycles. The maximum atomic E-state index is 2.50. The first-order chi connectivity index (χ1) is 41.6. The summed E-state index contributed by atoms with van der Waals surface area (Å²) in [6, 6.07) is 106. The molecule has 0 amide bonds. The van der Waals surface area contributed by atoms with Gasteiger partial charge in [0.15, 0.2) is 0 Å². The summed E-state index contributed by atoms with van der Waals surface area (Å²) < 4.78 is 0. The fourth-order valence-corrected chi connectivity index (χ4v) is 13.7. The number of anilines is 6. The molecule has 2 aliphatic rings. The summed E-state index contributed by atoms with van der Waals surface area (Å²) in [6.07, 6.45) is 11.1. The highest BCUT2D eigenvalue weighted by Crippen LogP contribution is 2.50. The standard InChI is InChI=1S/C82H58N2/c1-2-17-55(18-3-1)58-39-43-67(44-40-58)83(79-33-15-27-60-22-9-12-30-73(60)79)69-47-49-75-77(53-69)81(65-37-35-56-19-4-6-24-63(56)51-65)76-50-48-70(54-78(76)82(75)66-38-36-57-20-5-7-25-64(57)52-66)84(80-34-16-28-61-23-10-13-31-74(61)80)68-45-41-62(42-46-68)72-32-14-26-59-21-8-11-29-71(59)72/h1-10,12-28,30-34,36,38-54H,11,29,35,37H2. The molecule has 2 nitrogen and oxygen atoms in total. The second-order valence-electron chi connectivity index (χ2n) is 22.6. The molecular formula is C82H58N2. The van der Waals surface area contributed by atoms with Crippen molar-refractivity contribution in [3.63, 3.8) is 0 Å². The van der Waals surface area contributed by atoms with Crippen LogP contribution in [0.15, 0.2) is 291 Å². The average Bonchev–Trinajstić information content (AvgIpc) is 1.38. The minimum atomic E-state index is 0.923. The molecule has 0 heterocycles. The van der Waals surface area contributed by atoms with Gasteiger partial charge >= 0.3 is 0 Å². The lowest BCUT2D eigenvalue weighted by Gasteiger charge is -2.30. The van der Waals surface area contributed by atoms with E-state index in [9.17, 15) is 0 Å². The lowest BCUT2D eigenvalue weighted by atomic mass is 9.81. The Labute approximate surface area is 490 Å². The summed E-state index contributed by atoms with van der Waals surface area (Å²) >= 11 is 0. The second-order valence-corrected chi connectivity index (χ2v) is 22.6. The van der Waals surface area contributed by atoms with Gasteiger partial charge in [-0.15, -0.1) is 0 Å².